The summed E-state index contributed by atoms with van der Waals surface area (Å²) in [6, 6.07) is 5.78. The SMILES string of the molecule is OC(COCc1ccc2c(c1)OCO2)CN1CCCC1. The number of aliphatic hydroxyl groups excluding tert-OH is 1. The second-order valence-corrected chi connectivity index (χ2v) is 5.36. The molecule has 0 aromatic heterocycles. The summed E-state index contributed by atoms with van der Waals surface area (Å²) in [5.74, 6) is 1.55. The third-order valence-corrected chi connectivity index (χ3v) is 3.68. The van der Waals surface area contributed by atoms with Crippen LogP contribution in [-0.2, 0) is 11.3 Å². The Hall–Kier alpha value is -1.30. The van der Waals surface area contributed by atoms with Crippen LogP contribution in [0.1, 0.15) is 18.4 Å². The Morgan fingerprint density at radius 2 is 2.00 bits per heavy atom. The first kappa shape index (κ1) is 13.7. The highest BCUT2D eigenvalue weighted by atomic mass is 16.7. The van der Waals surface area contributed by atoms with Gasteiger partial charge in [0.2, 0.25) is 6.79 Å². The van der Waals surface area contributed by atoms with E-state index in [9.17, 15) is 5.11 Å². The number of ether oxygens (including phenoxy) is 3. The minimum Gasteiger partial charge on any atom is -0.454 e. The first-order valence-electron chi connectivity index (χ1n) is 7.18. The van der Waals surface area contributed by atoms with Crippen LogP contribution < -0.4 is 9.47 Å². The molecular formula is C15H21NO4. The number of rotatable bonds is 6. The zero-order valence-electron chi connectivity index (χ0n) is 11.6. The van der Waals surface area contributed by atoms with E-state index in [-0.39, 0.29) is 6.79 Å². The van der Waals surface area contributed by atoms with Gasteiger partial charge >= 0.3 is 0 Å². The Bertz CT molecular complexity index is 445. The van der Waals surface area contributed by atoms with Crippen molar-refractivity contribution < 1.29 is 19.3 Å². The lowest BCUT2D eigenvalue weighted by molar-refractivity contribution is 0.0134. The standard InChI is InChI=1S/C15H21NO4/c17-13(8-16-5-1-2-6-16)10-18-9-12-3-4-14-15(7-12)20-11-19-14/h3-4,7,13,17H,1-2,5-6,8-11H2. The minimum atomic E-state index is -0.415. The van der Waals surface area contributed by atoms with Crippen molar-refractivity contribution in [3.63, 3.8) is 0 Å². The van der Waals surface area contributed by atoms with Gasteiger partial charge in [0.25, 0.3) is 0 Å². The molecule has 0 spiro atoms. The van der Waals surface area contributed by atoms with Gasteiger partial charge in [0.15, 0.2) is 11.5 Å². The third kappa shape index (κ3) is 3.42. The van der Waals surface area contributed by atoms with E-state index in [1.165, 1.54) is 12.8 Å². The normalized spacial score (nSPS) is 19.4. The fourth-order valence-electron chi connectivity index (χ4n) is 2.66. The van der Waals surface area contributed by atoms with Crippen LogP contribution in [0.2, 0.25) is 0 Å². The van der Waals surface area contributed by atoms with Crippen molar-refractivity contribution in [2.75, 3.05) is 33.0 Å². The zero-order chi connectivity index (χ0) is 13.8. The van der Waals surface area contributed by atoms with E-state index in [1.54, 1.807) is 0 Å². The van der Waals surface area contributed by atoms with Crippen LogP contribution in [0.4, 0.5) is 0 Å². The van der Waals surface area contributed by atoms with E-state index in [4.69, 9.17) is 14.2 Å². The average Bonchev–Trinajstić information content (AvgIpc) is 3.09. The predicted molar refractivity (Wildman–Crippen MR) is 73.9 cm³/mol. The van der Waals surface area contributed by atoms with Crippen molar-refractivity contribution >= 4 is 0 Å². The molecule has 1 aromatic rings. The van der Waals surface area contributed by atoms with Crippen LogP contribution in [0.5, 0.6) is 11.5 Å². The lowest BCUT2D eigenvalue weighted by Crippen LogP contribution is -2.32. The van der Waals surface area contributed by atoms with Gasteiger partial charge in [-0.25, -0.2) is 0 Å². The van der Waals surface area contributed by atoms with Crippen molar-refractivity contribution in [2.45, 2.75) is 25.6 Å². The Kier molecular flexibility index (Phi) is 4.40. The number of aliphatic hydroxyl groups is 1. The topological polar surface area (TPSA) is 51.2 Å². The van der Waals surface area contributed by atoms with Crippen LogP contribution in [-0.4, -0.2) is 49.1 Å². The van der Waals surface area contributed by atoms with E-state index in [2.05, 4.69) is 4.90 Å². The molecule has 5 heteroatoms. The molecule has 2 aliphatic rings. The van der Waals surface area contributed by atoms with Crippen molar-refractivity contribution in [2.24, 2.45) is 0 Å². The van der Waals surface area contributed by atoms with Gasteiger partial charge < -0.3 is 24.2 Å². The van der Waals surface area contributed by atoms with Gasteiger partial charge in [0.1, 0.15) is 0 Å². The van der Waals surface area contributed by atoms with E-state index >= 15 is 0 Å². The number of β-amino-alcohol motifs (C(OH)–C–C–N with tert-alkyl or cyclic N) is 1. The molecule has 2 heterocycles. The van der Waals surface area contributed by atoms with Crippen LogP contribution >= 0.6 is 0 Å². The fourth-order valence-corrected chi connectivity index (χ4v) is 2.66. The number of nitrogens with zero attached hydrogens (tertiary/aromatic N) is 1. The number of hydrogen-bond donors (Lipinski definition) is 1. The molecular weight excluding hydrogens is 258 g/mol. The van der Waals surface area contributed by atoms with Crippen LogP contribution in [0.25, 0.3) is 0 Å². The maximum absolute atomic E-state index is 9.93. The van der Waals surface area contributed by atoms with Gasteiger partial charge in [-0.05, 0) is 43.6 Å². The van der Waals surface area contributed by atoms with Crippen LogP contribution in [0, 0.1) is 0 Å². The van der Waals surface area contributed by atoms with Gasteiger partial charge in [-0.15, -0.1) is 0 Å². The molecule has 0 saturated carbocycles. The fraction of sp³-hybridized carbons (Fsp3) is 0.600. The van der Waals surface area contributed by atoms with Crippen molar-refractivity contribution in [1.82, 2.24) is 4.90 Å². The molecule has 0 amide bonds. The number of likely N-dealkylation sites (tertiary alicyclic amines) is 1. The van der Waals surface area contributed by atoms with Gasteiger partial charge in [-0.2, -0.15) is 0 Å². The summed E-state index contributed by atoms with van der Waals surface area (Å²) >= 11 is 0. The molecule has 1 fully saturated rings. The van der Waals surface area contributed by atoms with Gasteiger partial charge in [0.05, 0.1) is 19.3 Å². The van der Waals surface area contributed by atoms with Crippen LogP contribution in [0.15, 0.2) is 18.2 Å². The average molecular weight is 279 g/mol. The molecule has 110 valence electrons. The summed E-state index contributed by atoms with van der Waals surface area (Å²) in [7, 11) is 0. The van der Waals surface area contributed by atoms with Crippen molar-refractivity contribution in [3.05, 3.63) is 23.8 Å². The first-order valence-corrected chi connectivity index (χ1v) is 7.18. The van der Waals surface area contributed by atoms with Crippen molar-refractivity contribution in [3.8, 4) is 11.5 Å². The second kappa shape index (κ2) is 6.43. The third-order valence-electron chi connectivity index (χ3n) is 3.68. The lowest BCUT2D eigenvalue weighted by Gasteiger charge is -2.19. The largest absolute Gasteiger partial charge is 0.454 e. The summed E-state index contributed by atoms with van der Waals surface area (Å²) in [6.45, 7) is 4.03. The Balaban J connectivity index is 1.40. The number of hydrogen-bond acceptors (Lipinski definition) is 5. The van der Waals surface area contributed by atoms with Crippen LogP contribution in [0.3, 0.4) is 0 Å². The molecule has 1 saturated heterocycles. The highest BCUT2D eigenvalue weighted by Crippen LogP contribution is 2.32. The van der Waals surface area contributed by atoms with Gasteiger partial charge in [-0.1, -0.05) is 6.07 Å². The molecule has 5 nitrogen and oxygen atoms in total. The number of fused-ring (bicyclic) bond motifs is 1. The van der Waals surface area contributed by atoms with E-state index in [0.717, 1.165) is 30.2 Å². The zero-order valence-corrected chi connectivity index (χ0v) is 11.6. The Morgan fingerprint density at radius 3 is 2.85 bits per heavy atom. The summed E-state index contributed by atoms with van der Waals surface area (Å²) in [5, 5.41) is 9.93. The number of benzene rings is 1. The molecule has 3 rings (SSSR count). The quantitative estimate of drug-likeness (QED) is 0.853. The van der Waals surface area contributed by atoms with E-state index in [1.807, 2.05) is 18.2 Å². The monoisotopic (exact) mass is 279 g/mol. The molecule has 0 radical (unpaired) electrons. The Morgan fingerprint density at radius 1 is 1.20 bits per heavy atom. The smallest absolute Gasteiger partial charge is 0.231 e. The molecule has 0 bridgehead atoms. The maximum atomic E-state index is 9.93. The van der Waals surface area contributed by atoms with Gasteiger partial charge in [0, 0.05) is 6.54 Å². The van der Waals surface area contributed by atoms with Gasteiger partial charge in [-0.3, -0.25) is 0 Å². The minimum absolute atomic E-state index is 0.286. The highest BCUT2D eigenvalue weighted by molar-refractivity contribution is 5.44. The predicted octanol–water partition coefficient (Wildman–Crippen LogP) is 1.39. The molecule has 1 atom stereocenters. The molecule has 2 aliphatic heterocycles. The molecule has 0 aliphatic carbocycles. The molecule has 1 N–H and O–H groups in total. The summed E-state index contributed by atoms with van der Waals surface area (Å²) in [6.07, 6.45) is 2.07. The van der Waals surface area contributed by atoms with E-state index < -0.39 is 6.10 Å². The molecule has 1 unspecified atom stereocenters. The summed E-state index contributed by atoms with van der Waals surface area (Å²) in [4.78, 5) is 2.29. The first-order chi connectivity index (χ1) is 9.81. The highest BCUT2D eigenvalue weighted by Gasteiger charge is 2.16. The second-order valence-electron chi connectivity index (χ2n) is 5.36. The van der Waals surface area contributed by atoms with E-state index in [0.29, 0.717) is 19.8 Å². The summed E-state index contributed by atoms with van der Waals surface area (Å²) in [5.41, 5.74) is 1.03. The Labute approximate surface area is 119 Å². The maximum Gasteiger partial charge on any atom is 0.231 e. The molecule has 20 heavy (non-hydrogen) atoms. The summed E-state index contributed by atoms with van der Waals surface area (Å²) < 4.78 is 16.2. The lowest BCUT2D eigenvalue weighted by atomic mass is 10.2. The molecule has 1 aromatic carbocycles. The van der Waals surface area contributed by atoms with Crippen molar-refractivity contribution in [1.29, 1.82) is 0 Å².